The van der Waals surface area contributed by atoms with E-state index in [0.29, 0.717) is 0 Å². The minimum absolute atomic E-state index is 0.201. The van der Waals surface area contributed by atoms with Crippen LogP contribution in [-0.2, 0) is 9.59 Å². The standard InChI is InChI=1S/C9H15F3N2O3/c1-5(2)7(13)8(17)14(3-6(15)16)4-9(10,11)12/h5,7H,3-4,13H2,1-2H3,(H,15,16). The lowest BCUT2D eigenvalue weighted by Crippen LogP contribution is -2.51. The summed E-state index contributed by atoms with van der Waals surface area (Å²) in [5, 5.41) is 8.45. The first-order valence-corrected chi connectivity index (χ1v) is 4.87. The van der Waals surface area contributed by atoms with Crippen LogP contribution in [0.25, 0.3) is 0 Å². The van der Waals surface area contributed by atoms with E-state index >= 15 is 0 Å². The zero-order valence-corrected chi connectivity index (χ0v) is 9.49. The highest BCUT2D eigenvalue weighted by atomic mass is 19.4. The Bertz CT molecular complexity index is 292. The highest BCUT2D eigenvalue weighted by Gasteiger charge is 2.36. The van der Waals surface area contributed by atoms with Gasteiger partial charge in [0.15, 0.2) is 0 Å². The molecule has 1 amide bonds. The second-order valence-corrected chi connectivity index (χ2v) is 3.97. The Balaban J connectivity index is 4.79. The fourth-order valence-corrected chi connectivity index (χ4v) is 1.09. The molecule has 0 saturated heterocycles. The second-order valence-electron chi connectivity index (χ2n) is 3.97. The number of nitrogens with two attached hydrogens (primary N) is 1. The summed E-state index contributed by atoms with van der Waals surface area (Å²) in [6.45, 7) is 0.502. The van der Waals surface area contributed by atoms with Gasteiger partial charge in [0, 0.05) is 0 Å². The monoisotopic (exact) mass is 256 g/mol. The molecule has 3 N–H and O–H groups in total. The number of halogens is 3. The summed E-state index contributed by atoms with van der Waals surface area (Å²) in [6, 6.07) is -1.14. The van der Waals surface area contributed by atoms with Gasteiger partial charge in [0.1, 0.15) is 13.1 Å². The molecule has 0 radical (unpaired) electrons. The van der Waals surface area contributed by atoms with Crippen LogP contribution < -0.4 is 5.73 Å². The van der Waals surface area contributed by atoms with Crippen LogP contribution >= 0.6 is 0 Å². The smallest absolute Gasteiger partial charge is 0.406 e. The van der Waals surface area contributed by atoms with E-state index in [0.717, 1.165) is 0 Å². The molecule has 0 aliphatic carbocycles. The van der Waals surface area contributed by atoms with Crippen molar-refractivity contribution in [3.8, 4) is 0 Å². The number of hydrogen-bond acceptors (Lipinski definition) is 3. The highest BCUT2D eigenvalue weighted by molar-refractivity contribution is 5.85. The third kappa shape index (κ3) is 6.10. The van der Waals surface area contributed by atoms with Crippen LogP contribution in [0.5, 0.6) is 0 Å². The number of rotatable bonds is 5. The van der Waals surface area contributed by atoms with Crippen molar-refractivity contribution in [2.45, 2.75) is 26.1 Å². The van der Waals surface area contributed by atoms with Gasteiger partial charge in [0.05, 0.1) is 6.04 Å². The zero-order valence-electron chi connectivity index (χ0n) is 9.49. The third-order valence-electron chi connectivity index (χ3n) is 2.01. The maximum Gasteiger partial charge on any atom is 0.406 e. The molecule has 0 aromatic carbocycles. The van der Waals surface area contributed by atoms with Gasteiger partial charge >= 0.3 is 12.1 Å². The molecule has 17 heavy (non-hydrogen) atoms. The predicted octanol–water partition coefficient (Wildman–Crippen LogP) is 0.445. The molecule has 5 nitrogen and oxygen atoms in total. The number of aliphatic carboxylic acids is 1. The number of amides is 1. The lowest BCUT2D eigenvalue weighted by molar-refractivity contribution is -0.166. The van der Waals surface area contributed by atoms with Crippen LogP contribution in [0.15, 0.2) is 0 Å². The van der Waals surface area contributed by atoms with E-state index in [4.69, 9.17) is 10.8 Å². The Morgan fingerprint density at radius 3 is 2.12 bits per heavy atom. The van der Waals surface area contributed by atoms with E-state index in [-0.39, 0.29) is 10.8 Å². The fourth-order valence-electron chi connectivity index (χ4n) is 1.09. The first-order chi connectivity index (χ1) is 7.54. The quantitative estimate of drug-likeness (QED) is 0.747. The Labute approximate surface area is 96.4 Å². The lowest BCUT2D eigenvalue weighted by Gasteiger charge is -2.26. The van der Waals surface area contributed by atoms with E-state index in [1.54, 1.807) is 13.8 Å². The van der Waals surface area contributed by atoms with Crippen LogP contribution in [0.3, 0.4) is 0 Å². The summed E-state index contributed by atoms with van der Waals surface area (Å²) in [5.41, 5.74) is 5.40. The molecular formula is C9H15F3N2O3. The maximum atomic E-state index is 12.2. The van der Waals surface area contributed by atoms with Crippen LogP contribution in [0.4, 0.5) is 13.2 Å². The Morgan fingerprint density at radius 2 is 1.82 bits per heavy atom. The van der Waals surface area contributed by atoms with Gasteiger partial charge in [-0.1, -0.05) is 13.8 Å². The summed E-state index contributed by atoms with van der Waals surface area (Å²) in [4.78, 5) is 22.1. The maximum absolute atomic E-state index is 12.2. The number of nitrogens with zero attached hydrogens (tertiary/aromatic N) is 1. The molecule has 0 aromatic rings. The molecule has 0 heterocycles. The van der Waals surface area contributed by atoms with Crippen molar-refractivity contribution < 1.29 is 27.9 Å². The molecule has 0 rings (SSSR count). The molecule has 0 fully saturated rings. The van der Waals surface area contributed by atoms with Gasteiger partial charge in [-0.25, -0.2) is 0 Å². The fraction of sp³-hybridized carbons (Fsp3) is 0.778. The third-order valence-corrected chi connectivity index (χ3v) is 2.01. The lowest BCUT2D eigenvalue weighted by atomic mass is 10.0. The molecule has 0 spiro atoms. The molecule has 8 heteroatoms. The summed E-state index contributed by atoms with van der Waals surface area (Å²) < 4.78 is 36.5. The SMILES string of the molecule is CC(C)C(N)C(=O)N(CC(=O)O)CC(F)(F)F. The number of carbonyl (C=O) groups excluding carboxylic acids is 1. The van der Waals surface area contributed by atoms with Crippen molar-refractivity contribution in [3.63, 3.8) is 0 Å². The number of carbonyl (C=O) groups is 2. The Hall–Kier alpha value is -1.31. The van der Waals surface area contributed by atoms with E-state index in [2.05, 4.69) is 0 Å². The molecule has 0 saturated carbocycles. The Morgan fingerprint density at radius 1 is 1.35 bits per heavy atom. The van der Waals surface area contributed by atoms with Gasteiger partial charge in [-0.3, -0.25) is 9.59 Å². The van der Waals surface area contributed by atoms with E-state index in [1.165, 1.54) is 0 Å². The summed E-state index contributed by atoms with van der Waals surface area (Å²) in [7, 11) is 0. The van der Waals surface area contributed by atoms with Crippen LogP contribution in [0.1, 0.15) is 13.8 Å². The van der Waals surface area contributed by atoms with Gasteiger partial charge in [-0.15, -0.1) is 0 Å². The summed E-state index contributed by atoms with van der Waals surface area (Å²) in [6.07, 6.45) is -4.65. The normalized spacial score (nSPS) is 13.6. The number of carboxylic acids is 1. The van der Waals surface area contributed by atoms with Crippen molar-refractivity contribution >= 4 is 11.9 Å². The van der Waals surface area contributed by atoms with E-state index in [1.807, 2.05) is 0 Å². The van der Waals surface area contributed by atoms with Crippen molar-refractivity contribution in [1.29, 1.82) is 0 Å². The van der Waals surface area contributed by atoms with Crippen molar-refractivity contribution in [2.75, 3.05) is 13.1 Å². The zero-order chi connectivity index (χ0) is 13.8. The summed E-state index contributed by atoms with van der Waals surface area (Å²) >= 11 is 0. The highest BCUT2D eigenvalue weighted by Crippen LogP contribution is 2.17. The molecule has 0 aliphatic heterocycles. The van der Waals surface area contributed by atoms with Crippen molar-refractivity contribution in [3.05, 3.63) is 0 Å². The van der Waals surface area contributed by atoms with Gasteiger partial charge < -0.3 is 15.7 Å². The van der Waals surface area contributed by atoms with Crippen molar-refractivity contribution in [2.24, 2.45) is 11.7 Å². The minimum Gasteiger partial charge on any atom is -0.480 e. The largest absolute Gasteiger partial charge is 0.480 e. The Kier molecular flexibility index (Phi) is 5.40. The first kappa shape index (κ1) is 15.7. The molecular weight excluding hydrogens is 241 g/mol. The molecule has 100 valence electrons. The van der Waals surface area contributed by atoms with Crippen molar-refractivity contribution in [1.82, 2.24) is 4.90 Å². The number of carboxylic acid groups (broad SMARTS) is 1. The van der Waals surface area contributed by atoms with E-state index < -0.39 is 37.2 Å². The van der Waals surface area contributed by atoms with Crippen LogP contribution in [-0.4, -0.2) is 47.2 Å². The molecule has 1 unspecified atom stereocenters. The summed E-state index contributed by atoms with van der Waals surface area (Å²) in [5.74, 6) is -2.90. The molecule has 0 aromatic heterocycles. The molecule has 1 atom stereocenters. The molecule has 0 aliphatic rings. The minimum atomic E-state index is -4.65. The predicted molar refractivity (Wildman–Crippen MR) is 53.1 cm³/mol. The van der Waals surface area contributed by atoms with E-state index in [9.17, 15) is 22.8 Å². The number of hydrogen-bond donors (Lipinski definition) is 2. The van der Waals surface area contributed by atoms with Gasteiger partial charge in [-0.05, 0) is 5.92 Å². The average molecular weight is 256 g/mol. The van der Waals surface area contributed by atoms with Crippen LogP contribution in [0, 0.1) is 5.92 Å². The number of alkyl halides is 3. The van der Waals surface area contributed by atoms with Gasteiger partial charge in [0.25, 0.3) is 0 Å². The molecule has 0 bridgehead atoms. The van der Waals surface area contributed by atoms with Gasteiger partial charge in [0.2, 0.25) is 5.91 Å². The first-order valence-electron chi connectivity index (χ1n) is 4.87. The topological polar surface area (TPSA) is 83.6 Å². The van der Waals surface area contributed by atoms with Crippen LogP contribution in [0.2, 0.25) is 0 Å². The van der Waals surface area contributed by atoms with Gasteiger partial charge in [-0.2, -0.15) is 13.2 Å². The average Bonchev–Trinajstić information content (AvgIpc) is 2.11. The second kappa shape index (κ2) is 5.85.